The number of methoxy groups -OCH3 is 2. The average Bonchev–Trinajstić information content (AvgIpc) is 2.70. The first-order valence-electron chi connectivity index (χ1n) is 9.40. The topological polar surface area (TPSA) is 56.4 Å². The van der Waals surface area contributed by atoms with Crippen molar-refractivity contribution in [1.29, 1.82) is 0 Å². The summed E-state index contributed by atoms with van der Waals surface area (Å²) in [6, 6.07) is 15.8. The van der Waals surface area contributed by atoms with E-state index < -0.39 is 0 Å². The smallest absolute Gasteiger partial charge is 0.279 e. The van der Waals surface area contributed by atoms with Crippen LogP contribution in [0.3, 0.4) is 0 Å². The molecule has 0 aromatic heterocycles. The highest BCUT2D eigenvalue weighted by Gasteiger charge is 2.24. The van der Waals surface area contributed by atoms with Crippen LogP contribution >= 0.6 is 0 Å². The van der Waals surface area contributed by atoms with Crippen molar-refractivity contribution in [2.45, 2.75) is 6.54 Å². The summed E-state index contributed by atoms with van der Waals surface area (Å²) in [5.41, 5.74) is 2.10. The lowest BCUT2D eigenvalue weighted by Crippen LogP contribution is -3.28. The highest BCUT2D eigenvalue weighted by atomic mass is 16.5. The SMILES string of the molecule is COc1ccc(C[NH+]2CC[NH+](CC(=O)Nc3cccc(OC)c3)CC2)cc1. The molecule has 1 aliphatic heterocycles. The van der Waals surface area contributed by atoms with Crippen molar-refractivity contribution in [3.8, 4) is 11.5 Å². The predicted molar refractivity (Wildman–Crippen MR) is 105 cm³/mol. The van der Waals surface area contributed by atoms with Crippen molar-refractivity contribution < 1.29 is 24.1 Å². The Morgan fingerprint density at radius 3 is 2.26 bits per heavy atom. The lowest BCUT2D eigenvalue weighted by Gasteiger charge is -2.29. The molecule has 3 rings (SSSR count). The summed E-state index contributed by atoms with van der Waals surface area (Å²) >= 11 is 0. The van der Waals surface area contributed by atoms with Crippen LogP contribution in [-0.2, 0) is 11.3 Å². The molecule has 0 bridgehead atoms. The first kappa shape index (κ1) is 19.2. The summed E-state index contributed by atoms with van der Waals surface area (Å²) in [6.07, 6.45) is 0. The van der Waals surface area contributed by atoms with Gasteiger partial charge in [0.15, 0.2) is 6.54 Å². The van der Waals surface area contributed by atoms with Gasteiger partial charge in [0.2, 0.25) is 0 Å². The van der Waals surface area contributed by atoms with E-state index in [0.717, 1.165) is 49.9 Å². The monoisotopic (exact) mass is 371 g/mol. The van der Waals surface area contributed by atoms with Gasteiger partial charge >= 0.3 is 0 Å². The minimum Gasteiger partial charge on any atom is -0.497 e. The molecule has 0 atom stereocenters. The zero-order valence-electron chi connectivity index (χ0n) is 16.1. The predicted octanol–water partition coefficient (Wildman–Crippen LogP) is -0.374. The summed E-state index contributed by atoms with van der Waals surface area (Å²) < 4.78 is 10.4. The first-order valence-corrected chi connectivity index (χ1v) is 9.40. The Labute approximate surface area is 160 Å². The molecule has 3 N–H and O–H groups in total. The second kappa shape index (κ2) is 9.39. The number of anilines is 1. The molecule has 2 aromatic rings. The Kier molecular flexibility index (Phi) is 6.68. The van der Waals surface area contributed by atoms with Gasteiger partial charge in [-0.2, -0.15) is 0 Å². The Hall–Kier alpha value is -2.57. The minimum atomic E-state index is 0.0526. The maximum atomic E-state index is 12.3. The Bertz CT molecular complexity index is 741. The molecule has 1 heterocycles. The number of nitrogens with one attached hydrogen (secondary N) is 3. The van der Waals surface area contributed by atoms with Crippen molar-refractivity contribution in [1.82, 2.24) is 0 Å². The molecule has 1 fully saturated rings. The maximum absolute atomic E-state index is 12.3. The summed E-state index contributed by atoms with van der Waals surface area (Å²) in [6.45, 7) is 5.70. The zero-order valence-corrected chi connectivity index (χ0v) is 16.1. The lowest BCUT2D eigenvalue weighted by atomic mass is 10.2. The van der Waals surface area contributed by atoms with E-state index in [-0.39, 0.29) is 5.91 Å². The molecule has 1 saturated heterocycles. The number of ether oxygens (including phenoxy) is 2. The molecule has 6 nitrogen and oxygen atoms in total. The van der Waals surface area contributed by atoms with Crippen LogP contribution in [0.15, 0.2) is 48.5 Å². The normalized spacial score (nSPS) is 19.3. The maximum Gasteiger partial charge on any atom is 0.279 e. The van der Waals surface area contributed by atoms with E-state index in [1.54, 1.807) is 19.1 Å². The van der Waals surface area contributed by atoms with Crippen molar-refractivity contribution in [2.24, 2.45) is 0 Å². The molecule has 0 radical (unpaired) electrons. The Balaban J connectivity index is 1.42. The van der Waals surface area contributed by atoms with Crippen molar-refractivity contribution in [3.05, 3.63) is 54.1 Å². The van der Waals surface area contributed by atoms with E-state index in [4.69, 9.17) is 9.47 Å². The third kappa shape index (κ3) is 5.70. The minimum absolute atomic E-state index is 0.0526. The second-order valence-corrected chi connectivity index (χ2v) is 6.98. The van der Waals surface area contributed by atoms with E-state index >= 15 is 0 Å². The fourth-order valence-electron chi connectivity index (χ4n) is 3.48. The number of carbonyl (C=O) groups excluding carboxylic acids is 1. The Morgan fingerprint density at radius 2 is 1.59 bits per heavy atom. The average molecular weight is 371 g/mol. The van der Waals surface area contributed by atoms with Crippen LogP contribution in [0.1, 0.15) is 5.56 Å². The molecule has 2 aromatic carbocycles. The number of amides is 1. The Morgan fingerprint density at radius 1 is 0.926 bits per heavy atom. The molecule has 0 unspecified atom stereocenters. The van der Waals surface area contributed by atoms with Gasteiger partial charge in [-0.25, -0.2) is 0 Å². The third-order valence-electron chi connectivity index (χ3n) is 5.04. The van der Waals surface area contributed by atoms with Crippen LogP contribution in [0.25, 0.3) is 0 Å². The van der Waals surface area contributed by atoms with E-state index in [1.165, 1.54) is 10.5 Å². The van der Waals surface area contributed by atoms with Crippen LogP contribution in [0.4, 0.5) is 5.69 Å². The zero-order chi connectivity index (χ0) is 19.1. The van der Waals surface area contributed by atoms with Gasteiger partial charge in [-0.3, -0.25) is 4.79 Å². The quantitative estimate of drug-likeness (QED) is 0.622. The van der Waals surface area contributed by atoms with Gasteiger partial charge in [0, 0.05) is 17.3 Å². The molecule has 0 saturated carbocycles. The standard InChI is InChI=1S/C21H27N3O3/c1-26-19-8-6-17(7-9-19)15-23-10-12-24(13-11-23)16-21(25)22-18-4-3-5-20(14-18)27-2/h3-9,14H,10-13,15-16H2,1-2H3,(H,22,25)/p+2. The van der Waals surface area contributed by atoms with E-state index in [1.807, 2.05) is 36.4 Å². The number of carbonyl (C=O) groups is 1. The first-order chi connectivity index (χ1) is 13.2. The number of rotatable bonds is 7. The number of quaternary nitrogens is 2. The van der Waals surface area contributed by atoms with Gasteiger partial charge in [-0.15, -0.1) is 0 Å². The third-order valence-corrected chi connectivity index (χ3v) is 5.04. The lowest BCUT2D eigenvalue weighted by molar-refractivity contribution is -1.02. The second-order valence-electron chi connectivity index (χ2n) is 6.98. The highest BCUT2D eigenvalue weighted by molar-refractivity contribution is 5.91. The molecular weight excluding hydrogens is 342 g/mol. The molecule has 0 spiro atoms. The highest BCUT2D eigenvalue weighted by Crippen LogP contribution is 2.16. The van der Waals surface area contributed by atoms with Crippen molar-refractivity contribution in [3.63, 3.8) is 0 Å². The van der Waals surface area contributed by atoms with Crippen molar-refractivity contribution >= 4 is 11.6 Å². The van der Waals surface area contributed by atoms with Gasteiger partial charge in [-0.1, -0.05) is 6.07 Å². The summed E-state index contributed by atoms with van der Waals surface area (Å²) in [7, 11) is 3.31. The van der Waals surface area contributed by atoms with Crippen LogP contribution in [-0.4, -0.2) is 52.9 Å². The largest absolute Gasteiger partial charge is 0.497 e. The number of hydrogen-bond donors (Lipinski definition) is 3. The van der Waals surface area contributed by atoms with E-state index in [2.05, 4.69) is 17.4 Å². The molecule has 27 heavy (non-hydrogen) atoms. The van der Waals surface area contributed by atoms with Crippen LogP contribution in [0.2, 0.25) is 0 Å². The van der Waals surface area contributed by atoms with Crippen LogP contribution in [0, 0.1) is 0 Å². The van der Waals surface area contributed by atoms with E-state index in [9.17, 15) is 4.79 Å². The number of hydrogen-bond acceptors (Lipinski definition) is 3. The van der Waals surface area contributed by atoms with Gasteiger partial charge in [0.1, 0.15) is 44.2 Å². The molecule has 6 heteroatoms. The fourth-order valence-corrected chi connectivity index (χ4v) is 3.48. The van der Waals surface area contributed by atoms with Crippen LogP contribution in [0.5, 0.6) is 11.5 Å². The summed E-state index contributed by atoms with van der Waals surface area (Å²) in [5.74, 6) is 1.69. The molecular formula is C21H29N3O3+2. The van der Waals surface area contributed by atoms with Crippen LogP contribution < -0.4 is 24.6 Å². The van der Waals surface area contributed by atoms with Gasteiger partial charge in [0.05, 0.1) is 14.2 Å². The van der Waals surface area contributed by atoms with Gasteiger partial charge < -0.3 is 24.6 Å². The van der Waals surface area contributed by atoms with Crippen molar-refractivity contribution in [2.75, 3.05) is 52.3 Å². The van der Waals surface area contributed by atoms with E-state index in [0.29, 0.717) is 6.54 Å². The molecule has 0 aliphatic carbocycles. The molecule has 1 amide bonds. The number of benzene rings is 2. The summed E-state index contributed by atoms with van der Waals surface area (Å²) in [4.78, 5) is 15.2. The number of piperazine rings is 1. The van der Waals surface area contributed by atoms with Gasteiger partial charge in [-0.05, 0) is 36.4 Å². The fraction of sp³-hybridized carbons (Fsp3) is 0.381. The summed E-state index contributed by atoms with van der Waals surface area (Å²) in [5, 5.41) is 2.97. The molecule has 1 aliphatic rings. The van der Waals surface area contributed by atoms with Gasteiger partial charge in [0.25, 0.3) is 5.91 Å². The molecule has 144 valence electrons.